The predicted molar refractivity (Wildman–Crippen MR) is 101 cm³/mol. The van der Waals surface area contributed by atoms with Crippen molar-refractivity contribution in [2.75, 3.05) is 26.8 Å². The summed E-state index contributed by atoms with van der Waals surface area (Å²) < 4.78 is 7.12. The van der Waals surface area contributed by atoms with Crippen molar-refractivity contribution in [1.82, 2.24) is 19.5 Å². The highest BCUT2D eigenvalue weighted by Crippen LogP contribution is 2.39. The van der Waals surface area contributed by atoms with Crippen molar-refractivity contribution in [1.29, 1.82) is 0 Å². The molecule has 0 radical (unpaired) electrons. The Bertz CT molecular complexity index is 859. The number of likely N-dealkylation sites (N-methyl/N-ethyl adjacent to an activating group) is 1. The van der Waals surface area contributed by atoms with Crippen LogP contribution in [0.15, 0.2) is 24.3 Å². The van der Waals surface area contributed by atoms with E-state index in [1.54, 1.807) is 6.92 Å². The molecule has 1 unspecified atom stereocenters. The summed E-state index contributed by atoms with van der Waals surface area (Å²) >= 11 is 1.40. The molecule has 0 aliphatic heterocycles. The second-order valence-electron chi connectivity index (χ2n) is 6.17. The third-order valence-electron chi connectivity index (χ3n) is 4.12. The standard InChI is InChI=1S/C18H24N4O3S/c1-4-11-25-14-7-5-13(6-8-14)15(21(3)9-10-23)16-17(24)22-18(26-16)19-12(2)20-22/h5-8,15,23-24H,4,9-11H2,1-3H3. The monoisotopic (exact) mass is 376 g/mol. The van der Waals surface area contributed by atoms with E-state index in [9.17, 15) is 10.2 Å². The van der Waals surface area contributed by atoms with E-state index >= 15 is 0 Å². The molecule has 0 aliphatic carbocycles. The molecule has 0 spiro atoms. The number of aliphatic hydroxyl groups is 1. The third kappa shape index (κ3) is 3.67. The number of thiazole rings is 1. The molecule has 0 fully saturated rings. The third-order valence-corrected chi connectivity index (χ3v) is 5.19. The van der Waals surface area contributed by atoms with Gasteiger partial charge in [-0.2, -0.15) is 4.52 Å². The van der Waals surface area contributed by atoms with Gasteiger partial charge < -0.3 is 14.9 Å². The van der Waals surface area contributed by atoms with Crippen molar-refractivity contribution in [3.8, 4) is 11.6 Å². The molecule has 2 aromatic heterocycles. The first-order chi connectivity index (χ1) is 12.5. The van der Waals surface area contributed by atoms with Crippen molar-refractivity contribution in [2.24, 2.45) is 0 Å². The second-order valence-corrected chi connectivity index (χ2v) is 7.18. The van der Waals surface area contributed by atoms with Gasteiger partial charge in [0.25, 0.3) is 0 Å². The molecular weight excluding hydrogens is 352 g/mol. The zero-order valence-electron chi connectivity index (χ0n) is 15.2. The summed E-state index contributed by atoms with van der Waals surface area (Å²) in [5, 5.41) is 24.3. The van der Waals surface area contributed by atoms with Gasteiger partial charge in [0, 0.05) is 6.54 Å². The maximum absolute atomic E-state index is 10.7. The first-order valence-electron chi connectivity index (χ1n) is 8.64. The van der Waals surface area contributed by atoms with Gasteiger partial charge in [-0.25, -0.2) is 4.98 Å². The van der Waals surface area contributed by atoms with Gasteiger partial charge in [-0.15, -0.1) is 5.10 Å². The highest BCUT2D eigenvalue weighted by Gasteiger charge is 2.27. The van der Waals surface area contributed by atoms with Gasteiger partial charge >= 0.3 is 0 Å². The SMILES string of the molecule is CCCOc1ccc(C(c2sc3nc(C)nn3c2O)N(C)CCO)cc1. The first kappa shape index (κ1) is 18.6. The molecule has 0 amide bonds. The highest BCUT2D eigenvalue weighted by molar-refractivity contribution is 7.17. The number of hydrogen-bond donors (Lipinski definition) is 2. The Morgan fingerprint density at radius 1 is 1.31 bits per heavy atom. The summed E-state index contributed by atoms with van der Waals surface area (Å²) in [6.07, 6.45) is 0.957. The topological polar surface area (TPSA) is 83.1 Å². The molecule has 26 heavy (non-hydrogen) atoms. The molecule has 0 saturated carbocycles. The minimum Gasteiger partial charge on any atom is -0.494 e. The number of ether oxygens (including phenoxy) is 1. The van der Waals surface area contributed by atoms with E-state index in [1.165, 1.54) is 15.9 Å². The van der Waals surface area contributed by atoms with Gasteiger partial charge in [0.15, 0.2) is 0 Å². The lowest BCUT2D eigenvalue weighted by atomic mass is 10.0. The summed E-state index contributed by atoms with van der Waals surface area (Å²) in [7, 11) is 1.92. The number of aryl methyl sites for hydroxylation is 1. The van der Waals surface area contributed by atoms with E-state index in [0.29, 0.717) is 23.9 Å². The van der Waals surface area contributed by atoms with Crippen LogP contribution in [0.1, 0.15) is 35.7 Å². The van der Waals surface area contributed by atoms with Crippen LogP contribution in [0.4, 0.5) is 0 Å². The molecule has 2 N–H and O–H groups in total. The smallest absolute Gasteiger partial charge is 0.230 e. The summed E-state index contributed by atoms with van der Waals surface area (Å²) in [5.74, 6) is 1.53. The quantitative estimate of drug-likeness (QED) is 0.629. The summed E-state index contributed by atoms with van der Waals surface area (Å²) in [4.78, 5) is 7.75. The van der Waals surface area contributed by atoms with E-state index in [1.807, 2.05) is 36.2 Å². The van der Waals surface area contributed by atoms with Crippen molar-refractivity contribution < 1.29 is 14.9 Å². The lowest BCUT2D eigenvalue weighted by molar-refractivity contribution is 0.196. The minimum atomic E-state index is -0.212. The van der Waals surface area contributed by atoms with Crippen LogP contribution in [0, 0.1) is 6.92 Å². The lowest BCUT2D eigenvalue weighted by Crippen LogP contribution is -2.28. The Balaban J connectivity index is 1.99. The van der Waals surface area contributed by atoms with Crippen molar-refractivity contribution >= 4 is 16.3 Å². The molecule has 2 heterocycles. The number of aromatic hydroxyl groups is 1. The van der Waals surface area contributed by atoms with Gasteiger partial charge in [-0.05, 0) is 38.1 Å². The van der Waals surface area contributed by atoms with Gasteiger partial charge in [0.2, 0.25) is 10.8 Å². The summed E-state index contributed by atoms with van der Waals surface area (Å²) in [6, 6.07) is 7.64. The number of rotatable bonds is 8. The van der Waals surface area contributed by atoms with Gasteiger partial charge in [-0.3, -0.25) is 4.90 Å². The first-order valence-corrected chi connectivity index (χ1v) is 9.45. The minimum absolute atomic E-state index is 0.0331. The van der Waals surface area contributed by atoms with Crippen LogP contribution in [0.25, 0.3) is 4.96 Å². The molecule has 1 atom stereocenters. The van der Waals surface area contributed by atoms with Gasteiger partial charge in [-0.1, -0.05) is 30.4 Å². The fourth-order valence-electron chi connectivity index (χ4n) is 2.89. The maximum Gasteiger partial charge on any atom is 0.230 e. The summed E-state index contributed by atoms with van der Waals surface area (Å²) in [6.45, 7) is 5.06. The van der Waals surface area contributed by atoms with Crippen LogP contribution in [-0.4, -0.2) is 56.5 Å². The second kappa shape index (κ2) is 8.03. The normalized spacial score (nSPS) is 12.8. The Morgan fingerprint density at radius 2 is 2.04 bits per heavy atom. The molecule has 1 aromatic carbocycles. The van der Waals surface area contributed by atoms with Crippen LogP contribution in [-0.2, 0) is 0 Å². The molecule has 3 rings (SSSR count). The van der Waals surface area contributed by atoms with Crippen LogP contribution in [0.3, 0.4) is 0 Å². The number of fused-ring (bicyclic) bond motifs is 1. The van der Waals surface area contributed by atoms with Crippen LogP contribution in [0.2, 0.25) is 0 Å². The molecule has 0 aliphatic rings. The van der Waals surface area contributed by atoms with Gasteiger partial charge in [0.05, 0.1) is 24.1 Å². The van der Waals surface area contributed by atoms with E-state index in [-0.39, 0.29) is 18.5 Å². The number of hydrogen-bond acceptors (Lipinski definition) is 7. The fourth-order valence-corrected chi connectivity index (χ4v) is 4.08. The van der Waals surface area contributed by atoms with E-state index < -0.39 is 0 Å². The highest BCUT2D eigenvalue weighted by atomic mass is 32.1. The lowest BCUT2D eigenvalue weighted by Gasteiger charge is -2.27. The molecule has 0 bridgehead atoms. The van der Waals surface area contributed by atoms with Crippen LogP contribution in [0.5, 0.6) is 11.6 Å². The summed E-state index contributed by atoms with van der Waals surface area (Å²) in [5.41, 5.74) is 1.00. The predicted octanol–water partition coefficient (Wildman–Crippen LogP) is 2.61. The number of nitrogens with zero attached hydrogens (tertiary/aromatic N) is 4. The average molecular weight is 376 g/mol. The van der Waals surface area contributed by atoms with E-state index in [0.717, 1.165) is 22.6 Å². The van der Waals surface area contributed by atoms with Crippen LogP contribution < -0.4 is 4.74 Å². The maximum atomic E-state index is 10.7. The van der Waals surface area contributed by atoms with Crippen molar-refractivity contribution in [2.45, 2.75) is 26.3 Å². The zero-order chi connectivity index (χ0) is 18.7. The van der Waals surface area contributed by atoms with Gasteiger partial charge in [0.1, 0.15) is 11.6 Å². The fraction of sp³-hybridized carbons (Fsp3) is 0.444. The number of benzene rings is 1. The molecule has 3 aromatic rings. The molecular formula is C18H24N4O3S. The van der Waals surface area contributed by atoms with E-state index in [2.05, 4.69) is 17.0 Å². The number of aliphatic hydroxyl groups excluding tert-OH is 1. The van der Waals surface area contributed by atoms with Crippen molar-refractivity contribution in [3.05, 3.63) is 40.5 Å². The number of aromatic nitrogens is 3. The largest absolute Gasteiger partial charge is 0.494 e. The molecule has 0 saturated heterocycles. The molecule has 7 nitrogen and oxygen atoms in total. The zero-order valence-corrected chi connectivity index (χ0v) is 16.0. The Kier molecular flexibility index (Phi) is 5.75. The molecule has 140 valence electrons. The molecule has 8 heteroatoms. The Morgan fingerprint density at radius 3 is 2.65 bits per heavy atom. The van der Waals surface area contributed by atoms with E-state index in [4.69, 9.17) is 4.74 Å². The van der Waals surface area contributed by atoms with Crippen molar-refractivity contribution in [3.63, 3.8) is 0 Å². The average Bonchev–Trinajstić information content (AvgIpc) is 3.13. The van der Waals surface area contributed by atoms with Crippen LogP contribution >= 0.6 is 11.3 Å². The Hall–Kier alpha value is -2.16. The Labute approximate surface area is 156 Å².